The molecule has 0 saturated carbocycles. The predicted molar refractivity (Wildman–Crippen MR) is 105 cm³/mol. The van der Waals surface area contributed by atoms with Crippen molar-refractivity contribution in [1.82, 2.24) is 0 Å². The van der Waals surface area contributed by atoms with E-state index in [2.05, 4.69) is 0 Å². The van der Waals surface area contributed by atoms with Gasteiger partial charge in [0.1, 0.15) is 11.3 Å². The van der Waals surface area contributed by atoms with Crippen molar-refractivity contribution in [2.75, 3.05) is 11.6 Å². The molecule has 0 bridgehead atoms. The van der Waals surface area contributed by atoms with Crippen LogP contribution in [-0.4, -0.2) is 6.73 Å². The lowest BCUT2D eigenvalue weighted by molar-refractivity contribution is -0.137. The second-order valence-electron chi connectivity index (χ2n) is 6.62. The molecule has 4 nitrogen and oxygen atoms in total. The standard InChI is InChI=1S/C20H14Cl2F3NO3/c1-2-10-5-17(27)29-18-12(10)7-15(22)19-13(18)8-26(9-28-19)16-6-11(20(23,24)25)3-4-14(16)21/h3-7H,2,8-9H2,1H3. The van der Waals surface area contributed by atoms with Crippen LogP contribution in [0, 0.1) is 0 Å². The van der Waals surface area contributed by atoms with Gasteiger partial charge >= 0.3 is 11.8 Å². The van der Waals surface area contributed by atoms with E-state index in [0.29, 0.717) is 33.7 Å². The molecule has 0 amide bonds. The Morgan fingerprint density at radius 3 is 2.59 bits per heavy atom. The van der Waals surface area contributed by atoms with Gasteiger partial charge in [-0.15, -0.1) is 0 Å². The van der Waals surface area contributed by atoms with E-state index in [4.69, 9.17) is 32.4 Å². The fourth-order valence-electron chi connectivity index (χ4n) is 3.43. The van der Waals surface area contributed by atoms with Gasteiger partial charge in [0.2, 0.25) is 0 Å². The topological polar surface area (TPSA) is 42.7 Å². The lowest BCUT2D eigenvalue weighted by Gasteiger charge is -2.32. The maximum absolute atomic E-state index is 13.1. The number of aryl methyl sites for hydroxylation is 1. The van der Waals surface area contributed by atoms with Gasteiger partial charge in [0, 0.05) is 11.5 Å². The van der Waals surface area contributed by atoms with E-state index in [1.165, 1.54) is 17.0 Å². The van der Waals surface area contributed by atoms with Crippen LogP contribution in [0.1, 0.15) is 23.6 Å². The van der Waals surface area contributed by atoms with Crippen LogP contribution in [0.15, 0.2) is 39.5 Å². The summed E-state index contributed by atoms with van der Waals surface area (Å²) in [7, 11) is 0. The Kier molecular flexibility index (Phi) is 4.91. The van der Waals surface area contributed by atoms with Gasteiger partial charge in [0.25, 0.3) is 0 Å². The second kappa shape index (κ2) is 7.15. The molecular formula is C20H14Cl2F3NO3. The number of benzene rings is 2. The molecule has 1 aromatic heterocycles. The highest BCUT2D eigenvalue weighted by molar-refractivity contribution is 6.33. The number of hydrogen-bond acceptors (Lipinski definition) is 4. The van der Waals surface area contributed by atoms with Crippen LogP contribution in [0.4, 0.5) is 18.9 Å². The summed E-state index contributed by atoms with van der Waals surface area (Å²) in [5.41, 5.74) is 0.372. The summed E-state index contributed by atoms with van der Waals surface area (Å²) in [5, 5.41) is 1.15. The molecule has 0 radical (unpaired) electrons. The van der Waals surface area contributed by atoms with Crippen molar-refractivity contribution >= 4 is 39.9 Å². The molecule has 0 saturated heterocycles. The van der Waals surface area contributed by atoms with E-state index in [9.17, 15) is 18.0 Å². The van der Waals surface area contributed by atoms with Crippen molar-refractivity contribution < 1.29 is 22.3 Å². The third-order valence-corrected chi connectivity index (χ3v) is 5.43. The zero-order chi connectivity index (χ0) is 20.9. The lowest BCUT2D eigenvalue weighted by atomic mass is 10.0. The first-order chi connectivity index (χ1) is 13.7. The minimum absolute atomic E-state index is 0.0586. The maximum atomic E-state index is 13.1. The van der Waals surface area contributed by atoms with E-state index in [0.717, 1.165) is 17.7 Å². The van der Waals surface area contributed by atoms with Crippen molar-refractivity contribution in [3.63, 3.8) is 0 Å². The third kappa shape index (κ3) is 3.53. The van der Waals surface area contributed by atoms with Crippen molar-refractivity contribution in [2.24, 2.45) is 0 Å². The van der Waals surface area contributed by atoms with Crippen molar-refractivity contribution in [3.05, 3.63) is 67.5 Å². The minimum atomic E-state index is -4.51. The van der Waals surface area contributed by atoms with Crippen LogP contribution >= 0.6 is 23.2 Å². The number of rotatable bonds is 2. The summed E-state index contributed by atoms with van der Waals surface area (Å²) < 4.78 is 50.5. The minimum Gasteiger partial charge on any atom is -0.471 e. The fraction of sp³-hybridized carbons (Fsp3) is 0.250. The zero-order valence-electron chi connectivity index (χ0n) is 15.1. The average molecular weight is 444 g/mol. The van der Waals surface area contributed by atoms with E-state index in [1.54, 1.807) is 6.07 Å². The Labute approximate surface area is 173 Å². The van der Waals surface area contributed by atoms with Crippen LogP contribution in [0.2, 0.25) is 10.0 Å². The molecule has 1 aliphatic rings. The van der Waals surface area contributed by atoms with Gasteiger partial charge < -0.3 is 14.1 Å². The largest absolute Gasteiger partial charge is 0.471 e. The Hall–Kier alpha value is -2.38. The summed E-state index contributed by atoms with van der Waals surface area (Å²) in [6.45, 7) is 1.95. The summed E-state index contributed by atoms with van der Waals surface area (Å²) in [6.07, 6.45) is -3.92. The number of nitrogens with zero attached hydrogens (tertiary/aromatic N) is 1. The van der Waals surface area contributed by atoms with Gasteiger partial charge in [-0.3, -0.25) is 0 Å². The smallest absolute Gasteiger partial charge is 0.416 e. The highest BCUT2D eigenvalue weighted by Gasteiger charge is 2.33. The summed E-state index contributed by atoms with van der Waals surface area (Å²) >= 11 is 12.5. The van der Waals surface area contributed by atoms with Gasteiger partial charge in [-0.2, -0.15) is 13.2 Å². The molecule has 152 valence electrons. The first-order valence-electron chi connectivity index (χ1n) is 8.71. The molecule has 0 aliphatic carbocycles. The molecule has 2 aromatic carbocycles. The fourth-order valence-corrected chi connectivity index (χ4v) is 3.94. The molecule has 4 rings (SSSR count). The van der Waals surface area contributed by atoms with Crippen molar-refractivity contribution in [1.29, 1.82) is 0 Å². The SMILES string of the molecule is CCc1cc(=O)oc2c3c(c(Cl)cc12)OCN(c1cc(C(F)(F)F)ccc1Cl)C3. The Bertz CT molecular complexity index is 1170. The molecule has 0 unspecified atom stereocenters. The number of alkyl halides is 3. The number of ether oxygens (including phenoxy) is 1. The monoisotopic (exact) mass is 443 g/mol. The van der Waals surface area contributed by atoms with E-state index in [-0.39, 0.29) is 24.0 Å². The zero-order valence-corrected chi connectivity index (χ0v) is 16.6. The quantitative estimate of drug-likeness (QED) is 0.453. The average Bonchev–Trinajstić information content (AvgIpc) is 2.67. The highest BCUT2D eigenvalue weighted by atomic mass is 35.5. The summed E-state index contributed by atoms with van der Waals surface area (Å²) in [6, 6.07) is 6.15. The van der Waals surface area contributed by atoms with Crippen LogP contribution in [0.25, 0.3) is 11.0 Å². The van der Waals surface area contributed by atoms with Gasteiger partial charge in [-0.1, -0.05) is 30.1 Å². The Morgan fingerprint density at radius 1 is 1.14 bits per heavy atom. The molecule has 0 atom stereocenters. The molecule has 0 N–H and O–H groups in total. The predicted octanol–water partition coefficient (Wildman–Crippen LogP) is 6.04. The van der Waals surface area contributed by atoms with Gasteiger partial charge in [0.15, 0.2) is 6.73 Å². The van der Waals surface area contributed by atoms with E-state index in [1.807, 2.05) is 6.92 Å². The molecule has 29 heavy (non-hydrogen) atoms. The van der Waals surface area contributed by atoms with Crippen molar-refractivity contribution in [2.45, 2.75) is 26.1 Å². The first-order valence-corrected chi connectivity index (χ1v) is 9.47. The number of anilines is 1. The second-order valence-corrected chi connectivity index (χ2v) is 7.44. The van der Waals surface area contributed by atoms with E-state index >= 15 is 0 Å². The van der Waals surface area contributed by atoms with Gasteiger partial charge in [0.05, 0.1) is 33.4 Å². The van der Waals surface area contributed by atoms with Gasteiger partial charge in [-0.25, -0.2) is 4.79 Å². The van der Waals surface area contributed by atoms with Crippen LogP contribution in [0.3, 0.4) is 0 Å². The summed E-state index contributed by atoms with van der Waals surface area (Å²) in [5.74, 6) is 0.343. The number of halogens is 5. The molecule has 0 fully saturated rings. The molecule has 1 aliphatic heterocycles. The lowest BCUT2D eigenvalue weighted by Crippen LogP contribution is -2.32. The highest BCUT2D eigenvalue weighted by Crippen LogP contribution is 2.42. The molecule has 0 spiro atoms. The molecule has 2 heterocycles. The van der Waals surface area contributed by atoms with Crippen LogP contribution in [0.5, 0.6) is 5.75 Å². The van der Waals surface area contributed by atoms with E-state index < -0.39 is 17.4 Å². The number of fused-ring (bicyclic) bond motifs is 3. The molecular weight excluding hydrogens is 430 g/mol. The van der Waals surface area contributed by atoms with Gasteiger partial charge in [-0.05, 0) is 36.2 Å². The molecule has 9 heteroatoms. The normalized spacial score (nSPS) is 14.1. The number of hydrogen-bond donors (Lipinski definition) is 0. The Morgan fingerprint density at radius 2 is 1.90 bits per heavy atom. The first kappa shape index (κ1) is 19.9. The third-order valence-electron chi connectivity index (χ3n) is 4.83. The molecule has 3 aromatic rings. The maximum Gasteiger partial charge on any atom is 0.416 e. The summed E-state index contributed by atoms with van der Waals surface area (Å²) in [4.78, 5) is 13.5. The van der Waals surface area contributed by atoms with Crippen molar-refractivity contribution in [3.8, 4) is 5.75 Å². The van der Waals surface area contributed by atoms with Crippen LogP contribution < -0.4 is 15.3 Å². The Balaban J connectivity index is 1.86. The van der Waals surface area contributed by atoms with Crippen LogP contribution in [-0.2, 0) is 19.1 Å².